The molecule has 1 aliphatic carbocycles. The molecule has 1 N–H and O–H groups in total. The molecule has 0 bridgehead atoms. The second-order valence-electron chi connectivity index (χ2n) is 5.20. The van der Waals surface area contributed by atoms with E-state index in [2.05, 4.69) is 29.2 Å². The van der Waals surface area contributed by atoms with Gasteiger partial charge in [-0.25, -0.2) is 4.98 Å². The predicted octanol–water partition coefficient (Wildman–Crippen LogP) is 2.19. The Labute approximate surface area is 113 Å². The Hall–Kier alpha value is -1.69. The van der Waals surface area contributed by atoms with E-state index < -0.39 is 4.92 Å². The summed E-state index contributed by atoms with van der Waals surface area (Å²) >= 11 is 0. The maximum absolute atomic E-state index is 10.9. The molecule has 1 aromatic heterocycles. The van der Waals surface area contributed by atoms with Crippen molar-refractivity contribution in [2.24, 2.45) is 0 Å². The second kappa shape index (κ2) is 5.52. The Bertz CT molecular complexity index is 474. The highest BCUT2D eigenvalue weighted by atomic mass is 16.6. The second-order valence-corrected chi connectivity index (χ2v) is 5.20. The highest BCUT2D eigenvalue weighted by Gasteiger charge is 2.29. The highest BCUT2D eigenvalue weighted by Crippen LogP contribution is 2.27. The number of nitrogens with one attached hydrogen (secondary N) is 1. The van der Waals surface area contributed by atoms with Crippen LogP contribution in [-0.4, -0.2) is 40.5 Å². The molecule has 1 aliphatic rings. The molecule has 2 rings (SSSR count). The lowest BCUT2D eigenvalue weighted by Crippen LogP contribution is -2.36. The molecule has 0 aliphatic heterocycles. The van der Waals surface area contributed by atoms with E-state index in [9.17, 15) is 10.1 Å². The van der Waals surface area contributed by atoms with E-state index in [0.717, 1.165) is 5.69 Å². The summed E-state index contributed by atoms with van der Waals surface area (Å²) in [5.41, 5.74) is 0.808. The van der Waals surface area contributed by atoms with Crippen molar-refractivity contribution < 1.29 is 4.92 Å². The summed E-state index contributed by atoms with van der Waals surface area (Å²) in [6.07, 6.45) is 2.51. The van der Waals surface area contributed by atoms with E-state index in [1.165, 1.54) is 18.9 Å². The van der Waals surface area contributed by atoms with Gasteiger partial charge in [0.15, 0.2) is 0 Å². The summed E-state index contributed by atoms with van der Waals surface area (Å²) in [6.45, 7) is 4.60. The van der Waals surface area contributed by atoms with E-state index in [0.29, 0.717) is 24.4 Å². The van der Waals surface area contributed by atoms with Gasteiger partial charge in [0, 0.05) is 30.4 Å². The van der Waals surface area contributed by atoms with Gasteiger partial charge in [-0.15, -0.1) is 0 Å². The normalized spacial score (nSPS) is 16.4. The lowest BCUT2D eigenvalue weighted by Gasteiger charge is -2.24. The number of hydrogen-bond donors (Lipinski definition) is 1. The molecule has 104 valence electrons. The smallest absolute Gasteiger partial charge is 0.311 e. The summed E-state index contributed by atoms with van der Waals surface area (Å²) in [4.78, 5) is 17.1. The molecule has 1 fully saturated rings. The minimum Gasteiger partial charge on any atom is -0.363 e. The number of anilines is 1. The summed E-state index contributed by atoms with van der Waals surface area (Å²) in [7, 11) is 2.10. The van der Waals surface area contributed by atoms with Crippen molar-refractivity contribution in [3.8, 4) is 0 Å². The van der Waals surface area contributed by atoms with Crippen LogP contribution in [0.2, 0.25) is 0 Å². The van der Waals surface area contributed by atoms with Gasteiger partial charge in [0.05, 0.1) is 4.92 Å². The Morgan fingerprint density at radius 2 is 2.26 bits per heavy atom. The van der Waals surface area contributed by atoms with E-state index in [-0.39, 0.29) is 5.69 Å². The van der Waals surface area contributed by atoms with Gasteiger partial charge in [-0.3, -0.25) is 15.0 Å². The van der Waals surface area contributed by atoms with Crippen molar-refractivity contribution in [3.63, 3.8) is 0 Å². The van der Waals surface area contributed by atoms with Crippen LogP contribution in [-0.2, 0) is 0 Å². The minimum absolute atomic E-state index is 0.0341. The first-order valence-corrected chi connectivity index (χ1v) is 6.57. The molecular weight excluding hydrogens is 244 g/mol. The highest BCUT2D eigenvalue weighted by molar-refractivity contribution is 5.56. The van der Waals surface area contributed by atoms with Crippen LogP contribution in [0.25, 0.3) is 0 Å². The minimum atomic E-state index is -0.399. The SMILES string of the molecule is Cc1ccc([N+](=O)[O-])c(NCC(C)N(C)C2CC2)n1. The fourth-order valence-electron chi connectivity index (χ4n) is 2.06. The number of nitrogens with zero attached hydrogens (tertiary/aromatic N) is 3. The fraction of sp³-hybridized carbons (Fsp3) is 0.615. The number of aryl methyl sites for hydroxylation is 1. The van der Waals surface area contributed by atoms with Crippen LogP contribution in [0.1, 0.15) is 25.5 Å². The van der Waals surface area contributed by atoms with Gasteiger partial charge in [0.25, 0.3) is 0 Å². The van der Waals surface area contributed by atoms with Crippen molar-refractivity contribution in [2.45, 2.75) is 38.8 Å². The van der Waals surface area contributed by atoms with Gasteiger partial charge in [-0.1, -0.05) is 0 Å². The molecule has 0 spiro atoms. The van der Waals surface area contributed by atoms with E-state index in [1.54, 1.807) is 6.07 Å². The van der Waals surface area contributed by atoms with Crippen LogP contribution in [0.4, 0.5) is 11.5 Å². The first-order valence-electron chi connectivity index (χ1n) is 6.57. The van der Waals surface area contributed by atoms with Crippen molar-refractivity contribution in [2.75, 3.05) is 18.9 Å². The quantitative estimate of drug-likeness (QED) is 0.630. The molecule has 0 saturated heterocycles. The summed E-state index contributed by atoms with van der Waals surface area (Å²) in [5.74, 6) is 0.362. The van der Waals surface area contributed by atoms with Crippen molar-refractivity contribution in [3.05, 3.63) is 27.9 Å². The topological polar surface area (TPSA) is 71.3 Å². The molecule has 1 heterocycles. The van der Waals surface area contributed by atoms with Crippen LogP contribution in [0.5, 0.6) is 0 Å². The summed E-state index contributed by atoms with van der Waals surface area (Å²) in [6, 6.07) is 4.16. The third-order valence-corrected chi connectivity index (χ3v) is 3.59. The van der Waals surface area contributed by atoms with E-state index in [1.807, 2.05) is 6.92 Å². The van der Waals surface area contributed by atoms with Crippen molar-refractivity contribution in [1.29, 1.82) is 0 Å². The number of nitro groups is 1. The molecule has 0 radical (unpaired) electrons. The Morgan fingerprint density at radius 3 is 2.84 bits per heavy atom. The van der Waals surface area contributed by atoms with Crippen LogP contribution >= 0.6 is 0 Å². The Balaban J connectivity index is 2.01. The lowest BCUT2D eigenvalue weighted by atomic mass is 10.2. The zero-order chi connectivity index (χ0) is 14.0. The van der Waals surface area contributed by atoms with Gasteiger partial charge >= 0.3 is 5.69 Å². The standard InChI is InChI=1S/C13H20N4O2/c1-9-4-7-12(17(18)19)13(15-9)14-8-10(2)16(3)11-5-6-11/h4,7,10-11H,5-6,8H2,1-3H3,(H,14,15). The van der Waals surface area contributed by atoms with Crippen molar-refractivity contribution in [1.82, 2.24) is 9.88 Å². The average Bonchev–Trinajstić information content (AvgIpc) is 3.18. The van der Waals surface area contributed by atoms with Crippen molar-refractivity contribution >= 4 is 11.5 Å². The molecule has 1 saturated carbocycles. The molecule has 1 unspecified atom stereocenters. The van der Waals surface area contributed by atoms with Gasteiger partial charge < -0.3 is 5.32 Å². The largest absolute Gasteiger partial charge is 0.363 e. The first kappa shape index (κ1) is 13.7. The number of aromatic nitrogens is 1. The predicted molar refractivity (Wildman–Crippen MR) is 74.4 cm³/mol. The number of rotatable bonds is 6. The molecular formula is C13H20N4O2. The van der Waals surface area contributed by atoms with E-state index in [4.69, 9.17) is 0 Å². The Kier molecular flexibility index (Phi) is 3.99. The molecule has 6 heteroatoms. The van der Waals surface area contributed by atoms with Crippen LogP contribution in [0, 0.1) is 17.0 Å². The molecule has 0 aromatic carbocycles. The van der Waals surface area contributed by atoms with Crippen LogP contribution in [0.3, 0.4) is 0 Å². The van der Waals surface area contributed by atoms with Gasteiger partial charge in [0.1, 0.15) is 0 Å². The zero-order valence-corrected chi connectivity index (χ0v) is 11.6. The molecule has 0 amide bonds. The number of hydrogen-bond acceptors (Lipinski definition) is 5. The third-order valence-electron chi connectivity index (χ3n) is 3.59. The zero-order valence-electron chi connectivity index (χ0n) is 11.6. The molecule has 1 atom stereocenters. The first-order chi connectivity index (χ1) is 8.99. The van der Waals surface area contributed by atoms with Gasteiger partial charge in [-0.2, -0.15) is 0 Å². The van der Waals surface area contributed by atoms with Crippen LogP contribution in [0.15, 0.2) is 12.1 Å². The summed E-state index contributed by atoms with van der Waals surface area (Å²) in [5, 5.41) is 14.0. The maximum Gasteiger partial charge on any atom is 0.311 e. The van der Waals surface area contributed by atoms with Gasteiger partial charge in [-0.05, 0) is 39.8 Å². The monoisotopic (exact) mass is 264 g/mol. The third kappa shape index (κ3) is 3.41. The fourth-order valence-corrected chi connectivity index (χ4v) is 2.06. The lowest BCUT2D eigenvalue weighted by molar-refractivity contribution is -0.384. The van der Waals surface area contributed by atoms with Crippen LogP contribution < -0.4 is 5.32 Å². The molecule has 19 heavy (non-hydrogen) atoms. The average molecular weight is 264 g/mol. The summed E-state index contributed by atoms with van der Waals surface area (Å²) < 4.78 is 0. The maximum atomic E-state index is 10.9. The molecule has 1 aromatic rings. The Morgan fingerprint density at radius 1 is 1.58 bits per heavy atom. The van der Waals surface area contributed by atoms with Gasteiger partial charge in [0.2, 0.25) is 5.82 Å². The molecule has 6 nitrogen and oxygen atoms in total. The number of pyridine rings is 1. The van der Waals surface area contributed by atoms with E-state index >= 15 is 0 Å². The number of likely N-dealkylation sites (N-methyl/N-ethyl adjacent to an activating group) is 1.